The van der Waals surface area contributed by atoms with Crippen LogP contribution >= 0.6 is 0 Å². The van der Waals surface area contributed by atoms with E-state index in [4.69, 9.17) is 5.11 Å². The van der Waals surface area contributed by atoms with Gasteiger partial charge in [0.05, 0.1) is 5.69 Å². The minimum atomic E-state index is -1.08. The Balaban J connectivity index is 2.20. The largest absolute Gasteiger partial charge is 0.507 e. The molecule has 2 N–H and O–H groups in total. The Morgan fingerprint density at radius 3 is 2.71 bits per heavy atom. The lowest BCUT2D eigenvalue weighted by atomic mass is 10.1. The fraction of sp³-hybridized carbons (Fsp3) is 0. The van der Waals surface area contributed by atoms with Crippen molar-refractivity contribution in [3.8, 4) is 11.4 Å². The van der Waals surface area contributed by atoms with Crippen LogP contribution in [0.15, 0.2) is 42.5 Å². The van der Waals surface area contributed by atoms with E-state index in [1.807, 2.05) is 6.07 Å². The molecule has 0 spiro atoms. The number of carboxylic acids is 1. The number of aromatic nitrogens is 4. The van der Waals surface area contributed by atoms with Gasteiger partial charge in [0.15, 0.2) is 5.82 Å². The number of aliphatic carboxylic acids is 1. The molecular formula is C14H10N4O3. The molecule has 0 saturated carbocycles. The molecule has 1 heterocycles. The first-order valence-corrected chi connectivity index (χ1v) is 6.07. The molecule has 0 unspecified atom stereocenters. The molecule has 0 aliphatic heterocycles. The molecule has 0 saturated heterocycles. The predicted octanol–water partition coefficient (Wildman–Crippen LogP) is 1.62. The van der Waals surface area contributed by atoms with E-state index in [1.165, 1.54) is 10.8 Å². The number of aromatic hydroxyl groups is 1. The van der Waals surface area contributed by atoms with Crippen molar-refractivity contribution in [2.45, 2.75) is 0 Å². The van der Waals surface area contributed by atoms with Crippen LogP contribution in [0, 0.1) is 0 Å². The summed E-state index contributed by atoms with van der Waals surface area (Å²) in [6, 6.07) is 10.5. The van der Waals surface area contributed by atoms with Gasteiger partial charge in [0.1, 0.15) is 5.75 Å². The second-order valence-corrected chi connectivity index (χ2v) is 4.27. The Labute approximate surface area is 118 Å². The van der Waals surface area contributed by atoms with Gasteiger partial charge in [-0.15, -0.1) is 5.10 Å². The smallest absolute Gasteiger partial charge is 0.328 e. The van der Waals surface area contributed by atoms with Crippen LogP contribution < -0.4 is 0 Å². The van der Waals surface area contributed by atoms with E-state index < -0.39 is 5.97 Å². The SMILES string of the molecule is O=C(O)/C=C/c1nnnn1-c1cccc2c(O)cccc12. The maximum absolute atomic E-state index is 10.6. The third kappa shape index (κ3) is 2.32. The highest BCUT2D eigenvalue weighted by atomic mass is 16.4. The molecule has 0 amide bonds. The van der Waals surface area contributed by atoms with Gasteiger partial charge in [-0.2, -0.15) is 4.68 Å². The average molecular weight is 282 g/mol. The second-order valence-electron chi connectivity index (χ2n) is 4.27. The fourth-order valence-corrected chi connectivity index (χ4v) is 2.08. The number of carboxylic acid groups (broad SMARTS) is 1. The Morgan fingerprint density at radius 1 is 1.14 bits per heavy atom. The minimum Gasteiger partial charge on any atom is -0.507 e. The maximum Gasteiger partial charge on any atom is 0.328 e. The zero-order valence-electron chi connectivity index (χ0n) is 10.7. The van der Waals surface area contributed by atoms with Crippen molar-refractivity contribution in [2.24, 2.45) is 0 Å². The molecule has 3 aromatic rings. The van der Waals surface area contributed by atoms with Gasteiger partial charge in [0, 0.05) is 16.8 Å². The number of phenolic OH excluding ortho intramolecular Hbond substituents is 1. The van der Waals surface area contributed by atoms with Crippen LogP contribution in [-0.2, 0) is 4.79 Å². The second kappa shape index (κ2) is 5.04. The first-order valence-electron chi connectivity index (χ1n) is 6.07. The number of benzene rings is 2. The van der Waals surface area contributed by atoms with Gasteiger partial charge in [0.25, 0.3) is 0 Å². The van der Waals surface area contributed by atoms with Crippen LogP contribution in [0.3, 0.4) is 0 Å². The van der Waals surface area contributed by atoms with Gasteiger partial charge >= 0.3 is 5.97 Å². The van der Waals surface area contributed by atoms with Crippen molar-refractivity contribution in [3.05, 3.63) is 48.3 Å². The van der Waals surface area contributed by atoms with E-state index in [0.29, 0.717) is 11.1 Å². The van der Waals surface area contributed by atoms with E-state index in [1.54, 1.807) is 30.3 Å². The summed E-state index contributed by atoms with van der Waals surface area (Å²) in [4.78, 5) is 10.6. The minimum absolute atomic E-state index is 0.157. The normalized spacial score (nSPS) is 11.2. The Morgan fingerprint density at radius 2 is 1.90 bits per heavy atom. The number of hydrogen-bond donors (Lipinski definition) is 2. The molecule has 0 radical (unpaired) electrons. The molecule has 7 heteroatoms. The van der Waals surface area contributed by atoms with Gasteiger partial charge in [-0.1, -0.05) is 24.3 Å². The molecule has 2 aromatic carbocycles. The summed E-state index contributed by atoms with van der Waals surface area (Å²) < 4.78 is 1.42. The number of nitrogens with zero attached hydrogens (tertiary/aromatic N) is 4. The van der Waals surface area contributed by atoms with E-state index in [-0.39, 0.29) is 11.6 Å². The van der Waals surface area contributed by atoms with Crippen molar-refractivity contribution < 1.29 is 15.0 Å². The van der Waals surface area contributed by atoms with Crippen molar-refractivity contribution in [1.29, 1.82) is 0 Å². The summed E-state index contributed by atoms with van der Waals surface area (Å²) >= 11 is 0. The lowest BCUT2D eigenvalue weighted by Gasteiger charge is -2.07. The molecule has 0 fully saturated rings. The Hall–Kier alpha value is -3.22. The predicted molar refractivity (Wildman–Crippen MR) is 75.0 cm³/mol. The van der Waals surface area contributed by atoms with Gasteiger partial charge in [-0.25, -0.2) is 4.79 Å². The number of carbonyl (C=O) groups is 1. The van der Waals surface area contributed by atoms with Gasteiger partial charge < -0.3 is 10.2 Å². The Kier molecular flexibility index (Phi) is 3.07. The topological polar surface area (TPSA) is 101 Å². The summed E-state index contributed by atoms with van der Waals surface area (Å²) in [7, 11) is 0. The number of tetrazole rings is 1. The van der Waals surface area contributed by atoms with E-state index in [2.05, 4.69) is 15.5 Å². The molecule has 0 atom stereocenters. The van der Waals surface area contributed by atoms with E-state index >= 15 is 0 Å². The lowest BCUT2D eigenvalue weighted by molar-refractivity contribution is -0.131. The number of rotatable bonds is 3. The van der Waals surface area contributed by atoms with Gasteiger partial charge in [-0.3, -0.25) is 0 Å². The zero-order valence-corrected chi connectivity index (χ0v) is 10.7. The van der Waals surface area contributed by atoms with Crippen molar-refractivity contribution in [1.82, 2.24) is 20.2 Å². The van der Waals surface area contributed by atoms with Crippen molar-refractivity contribution in [3.63, 3.8) is 0 Å². The standard InChI is InChI=1S/C14H10N4O3/c19-12-6-2-3-9-10(12)4-1-5-11(9)18-13(15-16-17-18)7-8-14(20)21/h1-8,19H,(H,20,21)/b8-7+. The molecular weight excluding hydrogens is 272 g/mol. The van der Waals surface area contributed by atoms with Crippen molar-refractivity contribution >= 4 is 22.8 Å². The first-order chi connectivity index (χ1) is 10.2. The summed E-state index contributed by atoms with van der Waals surface area (Å²) in [5.74, 6) is -0.640. The summed E-state index contributed by atoms with van der Waals surface area (Å²) in [6.45, 7) is 0. The average Bonchev–Trinajstić information content (AvgIpc) is 2.93. The van der Waals surface area contributed by atoms with Crippen LogP contribution in [0.25, 0.3) is 22.5 Å². The van der Waals surface area contributed by atoms with Crippen LogP contribution in [0.4, 0.5) is 0 Å². The van der Waals surface area contributed by atoms with Crippen LogP contribution in [-0.4, -0.2) is 36.4 Å². The van der Waals surface area contributed by atoms with Crippen LogP contribution in [0.2, 0.25) is 0 Å². The third-order valence-corrected chi connectivity index (χ3v) is 2.97. The number of phenols is 1. The number of fused-ring (bicyclic) bond motifs is 1. The fourth-order valence-electron chi connectivity index (χ4n) is 2.08. The van der Waals surface area contributed by atoms with Gasteiger partial charge in [0.2, 0.25) is 0 Å². The van der Waals surface area contributed by atoms with E-state index in [0.717, 1.165) is 11.5 Å². The van der Waals surface area contributed by atoms with E-state index in [9.17, 15) is 9.90 Å². The molecule has 0 bridgehead atoms. The highest BCUT2D eigenvalue weighted by molar-refractivity contribution is 5.94. The van der Waals surface area contributed by atoms with Crippen LogP contribution in [0.5, 0.6) is 5.75 Å². The molecule has 104 valence electrons. The van der Waals surface area contributed by atoms with Gasteiger partial charge in [-0.05, 0) is 28.6 Å². The first kappa shape index (κ1) is 12.8. The quantitative estimate of drug-likeness (QED) is 0.708. The molecule has 3 rings (SSSR count). The highest BCUT2D eigenvalue weighted by Gasteiger charge is 2.10. The zero-order chi connectivity index (χ0) is 14.8. The lowest BCUT2D eigenvalue weighted by Crippen LogP contribution is -2.01. The third-order valence-electron chi connectivity index (χ3n) is 2.97. The Bertz CT molecular complexity index is 854. The highest BCUT2D eigenvalue weighted by Crippen LogP contribution is 2.28. The monoisotopic (exact) mass is 282 g/mol. The molecule has 1 aromatic heterocycles. The maximum atomic E-state index is 10.6. The molecule has 7 nitrogen and oxygen atoms in total. The summed E-state index contributed by atoms with van der Waals surface area (Å²) in [5, 5.41) is 31.2. The summed E-state index contributed by atoms with van der Waals surface area (Å²) in [6.07, 6.45) is 2.27. The summed E-state index contributed by atoms with van der Waals surface area (Å²) in [5.41, 5.74) is 0.651. The molecule has 0 aliphatic carbocycles. The molecule has 21 heavy (non-hydrogen) atoms. The molecule has 0 aliphatic rings. The number of hydrogen-bond acceptors (Lipinski definition) is 5. The van der Waals surface area contributed by atoms with Crippen LogP contribution in [0.1, 0.15) is 5.82 Å². The van der Waals surface area contributed by atoms with Crippen molar-refractivity contribution in [2.75, 3.05) is 0 Å².